The predicted octanol–water partition coefficient (Wildman–Crippen LogP) is -0.521. The van der Waals surface area contributed by atoms with Crippen LogP contribution in [-0.4, -0.2) is 21.6 Å². The molecule has 2 aromatic rings. The van der Waals surface area contributed by atoms with Gasteiger partial charge in [0.15, 0.2) is 0 Å². The number of hydrazone groups is 1. The van der Waals surface area contributed by atoms with Crippen molar-refractivity contribution in [3.8, 4) is 11.5 Å². The second-order valence-electron chi connectivity index (χ2n) is 3.65. The van der Waals surface area contributed by atoms with Gasteiger partial charge in [-0.25, -0.2) is 5.43 Å². The molecule has 0 saturated carbocycles. The molecule has 90 valence electrons. The van der Waals surface area contributed by atoms with E-state index >= 15 is 0 Å². The number of pyridine rings is 1. The second-order valence-corrected chi connectivity index (χ2v) is 3.65. The lowest BCUT2D eigenvalue weighted by atomic mass is 10.2. The summed E-state index contributed by atoms with van der Waals surface area (Å²) in [5.41, 5.74) is 4.22. The molecule has 0 aliphatic carbocycles. The van der Waals surface area contributed by atoms with Crippen LogP contribution in [0.15, 0.2) is 22.0 Å². The van der Waals surface area contributed by atoms with E-state index in [-0.39, 0.29) is 0 Å². The van der Waals surface area contributed by atoms with Gasteiger partial charge < -0.3 is 9.15 Å². The van der Waals surface area contributed by atoms with Crippen molar-refractivity contribution in [1.29, 1.82) is 0 Å². The molecule has 0 atom stereocenters. The van der Waals surface area contributed by atoms with E-state index in [1.807, 2.05) is 13.0 Å². The first-order valence-corrected chi connectivity index (χ1v) is 5.17. The molecule has 1 N–H and O–H groups in total. The highest BCUT2D eigenvalue weighted by Gasteiger charge is 2.11. The quantitative estimate of drug-likeness (QED) is 0.725. The Hall–Kier alpha value is -2.70. The van der Waals surface area contributed by atoms with Crippen LogP contribution in [-0.2, 0) is 4.74 Å². The second kappa shape index (κ2) is 3.95. The molecule has 7 nitrogen and oxygen atoms in total. The van der Waals surface area contributed by atoms with Crippen LogP contribution >= 0.6 is 0 Å². The molecule has 0 amide bonds. The number of aryl methyl sites for hydroxylation is 1. The largest absolute Gasteiger partial charge is 0.426 e. The summed E-state index contributed by atoms with van der Waals surface area (Å²) in [7, 11) is 0. The van der Waals surface area contributed by atoms with E-state index in [1.54, 1.807) is 0 Å². The number of nitrogens with zero attached hydrogens (tertiary/aromatic N) is 4. The zero-order valence-electron chi connectivity index (χ0n) is 9.54. The lowest BCUT2D eigenvalue weighted by Crippen LogP contribution is -2.32. The van der Waals surface area contributed by atoms with Crippen LogP contribution in [0.1, 0.15) is 5.69 Å². The van der Waals surface area contributed by atoms with Gasteiger partial charge >= 0.3 is 0 Å². The number of hydrogen-bond donors (Lipinski definition) is 1. The Morgan fingerprint density at radius 2 is 2.28 bits per heavy atom. The van der Waals surface area contributed by atoms with Crippen molar-refractivity contribution in [2.45, 2.75) is 6.92 Å². The van der Waals surface area contributed by atoms with Gasteiger partial charge in [0.1, 0.15) is 0 Å². The van der Waals surface area contributed by atoms with Crippen LogP contribution in [0.3, 0.4) is 0 Å². The zero-order valence-corrected chi connectivity index (χ0v) is 9.54. The normalized spacial score (nSPS) is 16.5. The summed E-state index contributed by atoms with van der Waals surface area (Å²) in [6.07, 6.45) is 2.58. The Morgan fingerprint density at radius 1 is 1.39 bits per heavy atom. The summed E-state index contributed by atoms with van der Waals surface area (Å²) in [5.74, 6) is 0.883. The van der Waals surface area contributed by atoms with Crippen molar-refractivity contribution in [1.82, 2.24) is 20.6 Å². The van der Waals surface area contributed by atoms with E-state index in [1.165, 1.54) is 12.8 Å². The molecule has 0 fully saturated rings. The fourth-order valence-corrected chi connectivity index (χ4v) is 1.67. The van der Waals surface area contributed by atoms with E-state index in [4.69, 9.17) is 9.15 Å². The lowest BCUT2D eigenvalue weighted by Gasteiger charge is -2.02. The van der Waals surface area contributed by atoms with Crippen molar-refractivity contribution in [2.75, 3.05) is 0 Å². The molecule has 3 heterocycles. The summed E-state index contributed by atoms with van der Waals surface area (Å²) >= 11 is 0. The van der Waals surface area contributed by atoms with Crippen molar-refractivity contribution < 1.29 is 9.15 Å². The maximum atomic E-state index is 5.20. The third kappa shape index (κ3) is 1.61. The first-order chi connectivity index (χ1) is 8.75. The van der Waals surface area contributed by atoms with Gasteiger partial charge in [0.25, 0.3) is 0 Å². The molecule has 0 radical (unpaired) electrons. The molecule has 1 aliphatic heterocycles. The summed E-state index contributed by atoms with van der Waals surface area (Å²) in [6, 6.07) is 1.83. The number of ether oxygens (including phenoxy) is 1. The summed E-state index contributed by atoms with van der Waals surface area (Å²) in [6.45, 7) is 5.72. The minimum absolute atomic E-state index is 0.403. The highest BCUT2D eigenvalue weighted by atomic mass is 16.5. The van der Waals surface area contributed by atoms with E-state index in [0.717, 1.165) is 11.3 Å². The molecule has 0 bridgehead atoms. The van der Waals surface area contributed by atoms with Gasteiger partial charge in [0.2, 0.25) is 24.6 Å². The minimum Gasteiger partial charge on any atom is -0.426 e. The molecule has 18 heavy (non-hydrogen) atoms. The van der Waals surface area contributed by atoms with E-state index in [2.05, 4.69) is 32.3 Å². The van der Waals surface area contributed by atoms with Gasteiger partial charge in [-0.1, -0.05) is 6.58 Å². The van der Waals surface area contributed by atoms with Gasteiger partial charge in [0.05, 0.1) is 21.8 Å². The third-order valence-corrected chi connectivity index (χ3v) is 2.52. The number of rotatable bonds is 1. The summed E-state index contributed by atoms with van der Waals surface area (Å²) < 4.78 is 10.4. The molecule has 2 aromatic heterocycles. The molecular formula is C11H9N5O2. The molecule has 0 spiro atoms. The van der Waals surface area contributed by atoms with Crippen molar-refractivity contribution in [3.63, 3.8) is 0 Å². The van der Waals surface area contributed by atoms with Gasteiger partial charge in [-0.2, -0.15) is 0 Å². The monoisotopic (exact) mass is 243 g/mol. The van der Waals surface area contributed by atoms with Gasteiger partial charge in [-0.15, -0.1) is 15.3 Å². The van der Waals surface area contributed by atoms with E-state index in [0.29, 0.717) is 22.3 Å². The van der Waals surface area contributed by atoms with Crippen LogP contribution in [0.2, 0.25) is 0 Å². The number of hydrogen-bond acceptors (Lipinski definition) is 7. The van der Waals surface area contributed by atoms with Crippen LogP contribution in [0, 0.1) is 6.92 Å². The predicted molar refractivity (Wildman–Crippen MR) is 63.2 cm³/mol. The van der Waals surface area contributed by atoms with Crippen LogP contribution in [0.4, 0.5) is 0 Å². The van der Waals surface area contributed by atoms with Gasteiger partial charge in [-0.3, -0.25) is 4.98 Å². The molecule has 7 heteroatoms. The summed E-state index contributed by atoms with van der Waals surface area (Å²) in [5, 5.41) is 12.6. The van der Waals surface area contributed by atoms with Crippen LogP contribution in [0.25, 0.3) is 23.9 Å². The summed E-state index contributed by atoms with van der Waals surface area (Å²) in [4.78, 5) is 4.34. The Morgan fingerprint density at radius 3 is 2.94 bits per heavy atom. The standard InChI is InChI=1S/C11H9N5O2/c1-6-8(10-15-12-4-17-10)3-9(7(2)14-6)11-16-13-5-18-11/h3-5,15H,1H2,2H3. The Kier molecular flexibility index (Phi) is 2.30. The van der Waals surface area contributed by atoms with E-state index in [9.17, 15) is 0 Å². The Labute approximate surface area is 102 Å². The number of aromatic nitrogens is 3. The van der Waals surface area contributed by atoms with Crippen molar-refractivity contribution in [3.05, 3.63) is 28.7 Å². The van der Waals surface area contributed by atoms with Gasteiger partial charge in [-0.05, 0) is 13.0 Å². The average Bonchev–Trinajstić information content (AvgIpc) is 3.01. The molecule has 1 aliphatic rings. The van der Waals surface area contributed by atoms with E-state index < -0.39 is 0 Å². The van der Waals surface area contributed by atoms with Crippen molar-refractivity contribution >= 4 is 18.9 Å². The maximum absolute atomic E-state index is 5.20. The maximum Gasteiger partial charge on any atom is 0.249 e. The van der Waals surface area contributed by atoms with Gasteiger partial charge in [0, 0.05) is 0 Å². The minimum atomic E-state index is 0.403. The lowest BCUT2D eigenvalue weighted by molar-refractivity contribution is 0.519. The molecule has 0 saturated heterocycles. The number of nitrogens with one attached hydrogen (secondary N) is 1. The molecule has 3 rings (SSSR count). The first kappa shape index (κ1) is 10.5. The SMILES string of the molecule is C=c1nc(C)c(-c2nnco2)cc1=C1NN=CO1. The highest BCUT2D eigenvalue weighted by Crippen LogP contribution is 2.16. The highest BCUT2D eigenvalue weighted by molar-refractivity contribution is 5.62. The molecule has 0 unspecified atom stereocenters. The molecule has 0 aromatic carbocycles. The smallest absolute Gasteiger partial charge is 0.249 e. The molecular weight excluding hydrogens is 234 g/mol. The topological polar surface area (TPSA) is 85.4 Å². The van der Waals surface area contributed by atoms with Crippen LogP contribution in [0.5, 0.6) is 0 Å². The average molecular weight is 243 g/mol. The fourth-order valence-electron chi connectivity index (χ4n) is 1.67. The first-order valence-electron chi connectivity index (χ1n) is 5.17. The van der Waals surface area contributed by atoms with Crippen LogP contribution < -0.4 is 16.0 Å². The Balaban J connectivity index is 2.27. The fraction of sp³-hybridized carbons (Fsp3) is 0.0909. The van der Waals surface area contributed by atoms with Crippen molar-refractivity contribution in [2.24, 2.45) is 5.10 Å². The Bertz CT molecular complexity index is 711. The third-order valence-electron chi connectivity index (χ3n) is 2.52. The zero-order chi connectivity index (χ0) is 12.5.